The number of carbonyl (C=O) groups excluding carboxylic acids is 1. The van der Waals surface area contributed by atoms with E-state index < -0.39 is 0 Å². The van der Waals surface area contributed by atoms with E-state index in [1.54, 1.807) is 0 Å². The maximum Gasteiger partial charge on any atom is 0.137 e. The van der Waals surface area contributed by atoms with Crippen molar-refractivity contribution in [1.29, 1.82) is 0 Å². The van der Waals surface area contributed by atoms with E-state index >= 15 is 0 Å². The first-order valence-corrected chi connectivity index (χ1v) is 9.45. The largest absolute Gasteiger partial charge is 0.382 e. The van der Waals surface area contributed by atoms with Crippen LogP contribution in [0.3, 0.4) is 0 Å². The normalized spacial score (nSPS) is 34.6. The highest BCUT2D eigenvalue weighted by molar-refractivity contribution is 5.81. The molecule has 3 nitrogen and oxygen atoms in total. The van der Waals surface area contributed by atoms with Gasteiger partial charge in [-0.2, -0.15) is 0 Å². The summed E-state index contributed by atoms with van der Waals surface area (Å²) in [5, 5.41) is 7.35. The Bertz CT molecular complexity index is 610. The van der Waals surface area contributed by atoms with E-state index in [0.717, 1.165) is 24.8 Å². The molecule has 0 amide bonds. The molecular weight excluding hydrogens is 308 g/mol. The minimum atomic E-state index is 0.0111. The summed E-state index contributed by atoms with van der Waals surface area (Å²) in [6, 6.07) is 0.445. The topological polar surface area (TPSA) is 41.1 Å². The van der Waals surface area contributed by atoms with Gasteiger partial charge in [0.25, 0.3) is 0 Å². The van der Waals surface area contributed by atoms with Gasteiger partial charge in [0.2, 0.25) is 0 Å². The second kappa shape index (κ2) is 9.57. The van der Waals surface area contributed by atoms with Gasteiger partial charge in [0.1, 0.15) is 5.78 Å². The Balaban J connectivity index is 2.55. The fourth-order valence-electron chi connectivity index (χ4n) is 3.54. The average Bonchev–Trinajstić information content (AvgIpc) is 2.59. The summed E-state index contributed by atoms with van der Waals surface area (Å²) in [5.74, 6) is 0.335. The lowest BCUT2D eigenvalue weighted by Gasteiger charge is -2.30. The molecule has 1 heterocycles. The molecule has 2 aliphatic rings. The van der Waals surface area contributed by atoms with Crippen molar-refractivity contribution >= 4 is 5.78 Å². The molecule has 0 spiro atoms. The first-order chi connectivity index (χ1) is 12.0. The fraction of sp³-hybridized carbons (Fsp3) is 0.500. The van der Waals surface area contributed by atoms with Crippen LogP contribution in [0.25, 0.3) is 0 Å². The summed E-state index contributed by atoms with van der Waals surface area (Å²) in [7, 11) is 0. The Morgan fingerprint density at radius 3 is 2.52 bits per heavy atom. The third-order valence-electron chi connectivity index (χ3n) is 4.90. The molecular formula is C22H32N2O. The smallest absolute Gasteiger partial charge is 0.137 e. The molecule has 0 fully saturated rings. The zero-order valence-electron chi connectivity index (χ0n) is 15.8. The molecule has 3 atom stereocenters. The Morgan fingerprint density at radius 1 is 1.16 bits per heavy atom. The van der Waals surface area contributed by atoms with E-state index in [1.165, 1.54) is 11.3 Å². The van der Waals surface area contributed by atoms with Crippen LogP contribution in [-0.4, -0.2) is 23.9 Å². The monoisotopic (exact) mass is 340 g/mol. The second-order valence-electron chi connectivity index (χ2n) is 7.01. The number of ketones is 1. The highest BCUT2D eigenvalue weighted by Crippen LogP contribution is 2.27. The molecule has 2 N–H and O–H groups in total. The molecule has 3 unspecified atom stereocenters. The van der Waals surface area contributed by atoms with E-state index in [-0.39, 0.29) is 18.1 Å². The molecule has 2 rings (SSSR count). The van der Waals surface area contributed by atoms with Gasteiger partial charge in [0.05, 0.1) is 6.04 Å². The number of nitrogens with one attached hydrogen (secondary N) is 2. The number of hydrogen-bond acceptors (Lipinski definition) is 3. The van der Waals surface area contributed by atoms with Crippen LogP contribution >= 0.6 is 0 Å². The van der Waals surface area contributed by atoms with Crippen LogP contribution in [0.5, 0.6) is 0 Å². The van der Waals surface area contributed by atoms with Crippen LogP contribution in [-0.2, 0) is 4.79 Å². The van der Waals surface area contributed by atoms with Crippen molar-refractivity contribution in [2.45, 2.75) is 71.0 Å². The number of Topliss-reactive ketones (excluding diaryl/α,β-unsaturated/α-hetero) is 1. The maximum absolute atomic E-state index is 12.5. The molecule has 25 heavy (non-hydrogen) atoms. The number of allylic oxidation sites excluding steroid dienone is 4. The molecule has 0 saturated carbocycles. The van der Waals surface area contributed by atoms with Crippen molar-refractivity contribution in [2.75, 3.05) is 0 Å². The molecule has 136 valence electrons. The number of hydrogen-bond donors (Lipinski definition) is 2. The van der Waals surface area contributed by atoms with Crippen molar-refractivity contribution in [1.82, 2.24) is 10.6 Å². The highest BCUT2D eigenvalue weighted by Gasteiger charge is 2.25. The van der Waals surface area contributed by atoms with Gasteiger partial charge in [-0.25, -0.2) is 0 Å². The van der Waals surface area contributed by atoms with Crippen LogP contribution < -0.4 is 10.6 Å². The van der Waals surface area contributed by atoms with Gasteiger partial charge in [-0.3, -0.25) is 4.79 Å². The van der Waals surface area contributed by atoms with E-state index in [4.69, 9.17) is 0 Å². The molecule has 0 aromatic carbocycles. The third kappa shape index (κ3) is 5.57. The van der Waals surface area contributed by atoms with Crippen LogP contribution in [0.15, 0.2) is 59.9 Å². The highest BCUT2D eigenvalue weighted by atomic mass is 16.1. The minimum absolute atomic E-state index is 0.0111. The average molecular weight is 341 g/mol. The number of carbonyl (C=O) groups is 1. The SMILES string of the molecule is C=C/C(=C\C)C1NC(C)/C=C\C=C/C(C)N/C2=C\1CC(=O)CCCC2. The summed E-state index contributed by atoms with van der Waals surface area (Å²) < 4.78 is 0. The first-order valence-electron chi connectivity index (χ1n) is 9.45. The van der Waals surface area contributed by atoms with Gasteiger partial charge in [-0.05, 0) is 51.2 Å². The van der Waals surface area contributed by atoms with Gasteiger partial charge in [-0.15, -0.1) is 0 Å². The molecule has 1 aliphatic heterocycles. The standard InChI is InChI=1S/C22H32N2O/c1-5-18(6-2)22-20-15-19(25)13-9-10-14-21(20)23-16(3)11-7-8-12-17(4)24-22/h5-8,11-12,16-17,22-24H,1,9-10,13-15H2,2-4H3/b11-7-,12-8-,18-6+,21-20-. The molecule has 3 heteroatoms. The third-order valence-corrected chi connectivity index (χ3v) is 4.90. The van der Waals surface area contributed by atoms with Crippen molar-refractivity contribution in [3.63, 3.8) is 0 Å². The van der Waals surface area contributed by atoms with Gasteiger partial charge < -0.3 is 10.6 Å². The molecule has 0 aromatic heterocycles. The predicted octanol–water partition coefficient (Wildman–Crippen LogP) is 4.36. The molecule has 0 saturated heterocycles. The van der Waals surface area contributed by atoms with E-state index in [1.807, 2.05) is 13.0 Å². The second-order valence-corrected chi connectivity index (χ2v) is 7.01. The number of rotatable bonds is 2. The van der Waals surface area contributed by atoms with Crippen LogP contribution in [0, 0.1) is 0 Å². The predicted molar refractivity (Wildman–Crippen MR) is 106 cm³/mol. The summed E-state index contributed by atoms with van der Waals surface area (Å²) >= 11 is 0. The lowest BCUT2D eigenvalue weighted by molar-refractivity contribution is -0.118. The molecule has 0 bridgehead atoms. The zero-order chi connectivity index (χ0) is 18.2. The van der Waals surface area contributed by atoms with Gasteiger partial charge in [0, 0.05) is 30.6 Å². The summed E-state index contributed by atoms with van der Waals surface area (Å²) in [4.78, 5) is 12.5. The van der Waals surface area contributed by atoms with Crippen LogP contribution in [0.1, 0.15) is 52.9 Å². The maximum atomic E-state index is 12.5. The quantitative estimate of drug-likeness (QED) is 0.734. The van der Waals surface area contributed by atoms with Crippen molar-refractivity contribution in [3.8, 4) is 0 Å². The Morgan fingerprint density at radius 2 is 1.84 bits per heavy atom. The van der Waals surface area contributed by atoms with Crippen LogP contribution in [0.2, 0.25) is 0 Å². The van der Waals surface area contributed by atoms with Gasteiger partial charge in [-0.1, -0.05) is 43.0 Å². The van der Waals surface area contributed by atoms with Gasteiger partial charge in [0.15, 0.2) is 0 Å². The van der Waals surface area contributed by atoms with E-state index in [9.17, 15) is 4.79 Å². The minimum Gasteiger partial charge on any atom is -0.382 e. The summed E-state index contributed by atoms with van der Waals surface area (Å²) in [6.07, 6.45) is 16.7. The molecule has 0 radical (unpaired) electrons. The first kappa shape index (κ1) is 19.5. The lowest BCUT2D eigenvalue weighted by atomic mass is 9.87. The van der Waals surface area contributed by atoms with Gasteiger partial charge >= 0.3 is 0 Å². The van der Waals surface area contributed by atoms with Crippen molar-refractivity contribution < 1.29 is 4.79 Å². The molecule has 0 aromatic rings. The lowest BCUT2D eigenvalue weighted by Crippen LogP contribution is -2.41. The van der Waals surface area contributed by atoms with E-state index in [2.05, 4.69) is 61.4 Å². The Hall–Kier alpha value is -1.87. The molecule has 1 aliphatic carbocycles. The Labute approximate surface area is 152 Å². The van der Waals surface area contributed by atoms with Crippen molar-refractivity contribution in [3.05, 3.63) is 59.9 Å². The summed E-state index contributed by atoms with van der Waals surface area (Å²) in [6.45, 7) is 10.3. The van der Waals surface area contributed by atoms with Crippen LogP contribution in [0.4, 0.5) is 0 Å². The van der Waals surface area contributed by atoms with Crippen molar-refractivity contribution in [2.24, 2.45) is 0 Å². The fourth-order valence-corrected chi connectivity index (χ4v) is 3.54. The van der Waals surface area contributed by atoms with E-state index in [0.29, 0.717) is 18.6 Å². The summed E-state index contributed by atoms with van der Waals surface area (Å²) in [5.41, 5.74) is 3.53. The zero-order valence-corrected chi connectivity index (χ0v) is 15.8. The Kier molecular flexibility index (Phi) is 7.45.